The van der Waals surface area contributed by atoms with Gasteiger partial charge in [0.2, 0.25) is 10.0 Å². The van der Waals surface area contributed by atoms with E-state index in [2.05, 4.69) is 18.5 Å². The smallest absolute Gasteiger partial charge is 0.255 e. The zero-order valence-corrected chi connectivity index (χ0v) is 12.9. The summed E-state index contributed by atoms with van der Waals surface area (Å²) in [4.78, 5) is 12.1. The number of amides is 1. The topological polar surface area (TPSA) is 66.5 Å². The molecule has 0 radical (unpaired) electrons. The number of hydrogen-bond donors (Lipinski definition) is 1. The summed E-state index contributed by atoms with van der Waals surface area (Å²) in [5.74, 6) is -0.452. The highest BCUT2D eigenvalue weighted by atomic mass is 32.2. The molecule has 21 heavy (non-hydrogen) atoms. The minimum Gasteiger partial charge on any atom is -0.321 e. The molecule has 0 fully saturated rings. The molecular formula is C15H18N2O3S. The van der Waals surface area contributed by atoms with E-state index in [0.29, 0.717) is 5.57 Å². The van der Waals surface area contributed by atoms with E-state index in [4.69, 9.17) is 0 Å². The molecule has 112 valence electrons. The zero-order chi connectivity index (χ0) is 16.0. The van der Waals surface area contributed by atoms with Gasteiger partial charge in [0.1, 0.15) is 4.90 Å². The van der Waals surface area contributed by atoms with Gasteiger partial charge in [-0.15, -0.1) is 0 Å². The van der Waals surface area contributed by atoms with Crippen molar-refractivity contribution in [3.8, 4) is 0 Å². The first-order valence-corrected chi connectivity index (χ1v) is 7.56. The highest BCUT2D eigenvalue weighted by Crippen LogP contribution is 2.23. The van der Waals surface area contributed by atoms with Gasteiger partial charge in [0.15, 0.2) is 0 Å². The van der Waals surface area contributed by atoms with Crippen LogP contribution >= 0.6 is 0 Å². The van der Waals surface area contributed by atoms with E-state index in [1.807, 2.05) is 0 Å². The van der Waals surface area contributed by atoms with E-state index in [0.717, 1.165) is 4.31 Å². The molecule has 0 aliphatic heterocycles. The second kappa shape index (κ2) is 7.01. The fourth-order valence-electron chi connectivity index (χ4n) is 1.55. The lowest BCUT2D eigenvalue weighted by Gasteiger charge is -2.15. The Hall–Kier alpha value is -2.18. The normalized spacial score (nSPS) is 12.0. The Kier molecular flexibility index (Phi) is 5.63. The molecule has 5 nitrogen and oxygen atoms in total. The number of carbonyl (C=O) groups excluding carboxylic acids is 1. The van der Waals surface area contributed by atoms with Crippen molar-refractivity contribution in [2.45, 2.75) is 4.90 Å². The second-order valence-corrected chi connectivity index (χ2v) is 6.42. The molecule has 0 heterocycles. The van der Waals surface area contributed by atoms with Crippen molar-refractivity contribution in [1.29, 1.82) is 0 Å². The van der Waals surface area contributed by atoms with Crippen LogP contribution in [0.2, 0.25) is 0 Å². The number of sulfonamides is 1. The van der Waals surface area contributed by atoms with Crippen LogP contribution in [0, 0.1) is 0 Å². The number of carbonyl (C=O) groups is 1. The summed E-state index contributed by atoms with van der Waals surface area (Å²) in [7, 11) is -0.782. The molecule has 1 amide bonds. The number of allylic oxidation sites excluding steroid dienone is 2. The van der Waals surface area contributed by atoms with Gasteiger partial charge in [0.05, 0.1) is 5.69 Å². The van der Waals surface area contributed by atoms with Crippen LogP contribution in [0.3, 0.4) is 0 Å². The van der Waals surface area contributed by atoms with Crippen LogP contribution in [0.5, 0.6) is 0 Å². The Morgan fingerprint density at radius 2 is 1.86 bits per heavy atom. The average Bonchev–Trinajstić information content (AvgIpc) is 2.44. The summed E-state index contributed by atoms with van der Waals surface area (Å²) in [5, 5.41) is 2.58. The third-order valence-corrected chi connectivity index (χ3v) is 4.55. The van der Waals surface area contributed by atoms with Gasteiger partial charge in [-0.3, -0.25) is 4.79 Å². The van der Waals surface area contributed by atoms with Crippen molar-refractivity contribution < 1.29 is 13.2 Å². The van der Waals surface area contributed by atoms with Crippen LogP contribution in [-0.4, -0.2) is 32.7 Å². The summed E-state index contributed by atoms with van der Waals surface area (Å²) >= 11 is 0. The van der Waals surface area contributed by atoms with Gasteiger partial charge in [0, 0.05) is 19.7 Å². The number of rotatable bonds is 6. The SMILES string of the molecule is C=CC=C(C=C)C(=O)Nc1ccccc1S(=O)(=O)N(C)C. The van der Waals surface area contributed by atoms with E-state index >= 15 is 0 Å². The monoisotopic (exact) mass is 306 g/mol. The Balaban J connectivity index is 3.23. The van der Waals surface area contributed by atoms with Gasteiger partial charge >= 0.3 is 0 Å². The highest BCUT2D eigenvalue weighted by molar-refractivity contribution is 7.89. The molecule has 1 aromatic carbocycles. The number of nitrogens with one attached hydrogen (secondary N) is 1. The summed E-state index contributed by atoms with van der Waals surface area (Å²) < 4.78 is 25.5. The predicted octanol–water partition coefficient (Wildman–Crippen LogP) is 2.17. The molecule has 0 spiro atoms. The van der Waals surface area contributed by atoms with Gasteiger partial charge in [-0.2, -0.15) is 0 Å². The first-order chi connectivity index (χ1) is 9.84. The number of anilines is 1. The van der Waals surface area contributed by atoms with Gasteiger partial charge < -0.3 is 5.32 Å². The summed E-state index contributed by atoms with van der Waals surface area (Å²) in [6, 6.07) is 6.22. The van der Waals surface area contributed by atoms with E-state index < -0.39 is 15.9 Å². The predicted molar refractivity (Wildman–Crippen MR) is 84.4 cm³/mol. The maximum Gasteiger partial charge on any atom is 0.255 e. The Morgan fingerprint density at radius 3 is 2.38 bits per heavy atom. The number of nitrogens with zero attached hydrogens (tertiary/aromatic N) is 1. The molecule has 0 unspecified atom stereocenters. The molecular weight excluding hydrogens is 288 g/mol. The van der Waals surface area contributed by atoms with Crippen LogP contribution in [-0.2, 0) is 14.8 Å². The van der Waals surface area contributed by atoms with Crippen molar-refractivity contribution in [3.05, 3.63) is 61.2 Å². The van der Waals surface area contributed by atoms with Gasteiger partial charge in [-0.25, -0.2) is 12.7 Å². The van der Waals surface area contributed by atoms with Crippen molar-refractivity contribution in [1.82, 2.24) is 4.31 Å². The quantitative estimate of drug-likeness (QED) is 0.647. The van der Waals surface area contributed by atoms with Crippen LogP contribution in [0.4, 0.5) is 5.69 Å². The van der Waals surface area contributed by atoms with E-state index in [1.54, 1.807) is 12.1 Å². The molecule has 0 saturated heterocycles. The number of benzene rings is 1. The summed E-state index contributed by atoms with van der Waals surface area (Å²) in [6.07, 6.45) is 4.32. The van der Waals surface area contributed by atoms with Gasteiger partial charge in [-0.1, -0.05) is 43.5 Å². The van der Waals surface area contributed by atoms with E-state index in [1.165, 1.54) is 44.5 Å². The lowest BCUT2D eigenvalue weighted by molar-refractivity contribution is -0.112. The molecule has 1 N–H and O–H groups in total. The largest absolute Gasteiger partial charge is 0.321 e. The molecule has 6 heteroatoms. The van der Waals surface area contributed by atoms with Crippen LogP contribution < -0.4 is 5.32 Å². The highest BCUT2D eigenvalue weighted by Gasteiger charge is 2.22. The molecule has 0 aromatic heterocycles. The third kappa shape index (κ3) is 3.90. The van der Waals surface area contributed by atoms with Gasteiger partial charge in [0.25, 0.3) is 5.91 Å². The lowest BCUT2D eigenvalue weighted by Crippen LogP contribution is -2.24. The first-order valence-electron chi connectivity index (χ1n) is 6.12. The molecule has 0 bridgehead atoms. The minimum atomic E-state index is -3.64. The Bertz CT molecular complexity index is 689. The number of para-hydroxylation sites is 1. The summed E-state index contributed by atoms with van der Waals surface area (Å²) in [6.45, 7) is 7.05. The van der Waals surface area contributed by atoms with Crippen LogP contribution in [0.25, 0.3) is 0 Å². The first kappa shape index (κ1) is 16.9. The molecule has 1 aromatic rings. The van der Waals surface area contributed by atoms with E-state index in [9.17, 15) is 13.2 Å². The van der Waals surface area contributed by atoms with Crippen molar-refractivity contribution in [2.75, 3.05) is 19.4 Å². The van der Waals surface area contributed by atoms with Crippen LogP contribution in [0.1, 0.15) is 0 Å². The second-order valence-electron chi connectivity index (χ2n) is 4.30. The fourth-order valence-corrected chi connectivity index (χ4v) is 2.59. The van der Waals surface area contributed by atoms with Crippen molar-refractivity contribution in [3.63, 3.8) is 0 Å². The van der Waals surface area contributed by atoms with Crippen LogP contribution in [0.15, 0.2) is 66.1 Å². The third-order valence-electron chi connectivity index (χ3n) is 2.67. The number of hydrogen-bond acceptors (Lipinski definition) is 3. The fraction of sp³-hybridized carbons (Fsp3) is 0.133. The maximum absolute atomic E-state index is 12.2. The molecule has 0 aliphatic carbocycles. The Labute approximate surface area is 125 Å². The summed E-state index contributed by atoms with van der Waals surface area (Å²) in [5.41, 5.74) is 0.509. The van der Waals surface area contributed by atoms with Crippen molar-refractivity contribution in [2.24, 2.45) is 0 Å². The average molecular weight is 306 g/mol. The molecule has 0 atom stereocenters. The maximum atomic E-state index is 12.2. The standard InChI is InChI=1S/C15H18N2O3S/c1-5-9-12(6-2)15(18)16-13-10-7-8-11-14(13)21(19,20)17(3)4/h5-11H,1-2H2,3-4H3,(H,16,18). The zero-order valence-electron chi connectivity index (χ0n) is 12.0. The molecule has 1 rings (SSSR count). The van der Waals surface area contributed by atoms with E-state index in [-0.39, 0.29) is 10.6 Å². The van der Waals surface area contributed by atoms with Gasteiger partial charge in [-0.05, 0) is 12.1 Å². The van der Waals surface area contributed by atoms with Crippen molar-refractivity contribution >= 4 is 21.6 Å². The lowest BCUT2D eigenvalue weighted by atomic mass is 10.2. The Morgan fingerprint density at radius 1 is 1.24 bits per heavy atom. The minimum absolute atomic E-state index is 0.0327. The molecule has 0 saturated carbocycles. The molecule has 0 aliphatic rings.